The predicted molar refractivity (Wildman–Crippen MR) is 85.1 cm³/mol. The average molecular weight is 293 g/mol. The molecule has 0 saturated carbocycles. The molecule has 0 unspecified atom stereocenters. The smallest absolute Gasteiger partial charge is 0.338 e. The normalized spacial score (nSPS) is 10.8. The van der Waals surface area contributed by atoms with Crippen LogP contribution >= 0.6 is 0 Å². The van der Waals surface area contributed by atoms with Crippen LogP contribution in [0.5, 0.6) is 0 Å². The molecular weight excluding hydrogens is 278 g/mol. The minimum atomic E-state index is -1.03. The van der Waals surface area contributed by atoms with Crippen molar-refractivity contribution >= 4 is 5.97 Å². The molecule has 0 radical (unpaired) electrons. The van der Waals surface area contributed by atoms with Gasteiger partial charge in [0.2, 0.25) is 0 Å². The zero-order chi connectivity index (χ0) is 15.9. The summed E-state index contributed by atoms with van der Waals surface area (Å²) >= 11 is 0. The van der Waals surface area contributed by atoms with Gasteiger partial charge in [-0.15, -0.1) is 0 Å². The maximum Gasteiger partial charge on any atom is 0.338 e. The highest BCUT2D eigenvalue weighted by Crippen LogP contribution is 2.29. The van der Waals surface area contributed by atoms with Gasteiger partial charge in [-0.25, -0.2) is 4.79 Å². The van der Waals surface area contributed by atoms with E-state index in [1.54, 1.807) is 13.0 Å². The molecule has 1 aromatic rings. The van der Waals surface area contributed by atoms with Crippen LogP contribution in [0, 0.1) is 13.8 Å². The number of carboxylic acids is 1. The molecule has 1 aliphatic carbocycles. The maximum absolute atomic E-state index is 11.7. The van der Waals surface area contributed by atoms with Crippen molar-refractivity contribution in [2.45, 2.75) is 13.8 Å². The Hall–Kier alpha value is -2.88. The van der Waals surface area contributed by atoms with E-state index in [0.29, 0.717) is 11.3 Å². The highest BCUT2D eigenvalue weighted by atomic mass is 16.4. The Balaban J connectivity index is 2.40. The number of rotatable bonds is 2. The fourth-order valence-corrected chi connectivity index (χ4v) is 2.73. The summed E-state index contributed by atoms with van der Waals surface area (Å²) < 4.78 is 1.85. The van der Waals surface area contributed by atoms with Crippen LogP contribution in [0.4, 0.5) is 0 Å². The number of hydrogen-bond donors (Lipinski definition) is 1. The van der Waals surface area contributed by atoms with Crippen LogP contribution in [0.3, 0.4) is 0 Å². The molecule has 4 heteroatoms. The van der Waals surface area contributed by atoms with E-state index in [9.17, 15) is 14.7 Å². The molecule has 1 aliphatic heterocycles. The summed E-state index contributed by atoms with van der Waals surface area (Å²) in [7, 11) is 0. The number of aromatic nitrogens is 1. The molecule has 110 valence electrons. The van der Waals surface area contributed by atoms with Crippen molar-refractivity contribution in [2.24, 2.45) is 0 Å². The number of nitrogens with zero attached hydrogens (tertiary/aromatic N) is 1. The van der Waals surface area contributed by atoms with Crippen LogP contribution in [0.2, 0.25) is 0 Å². The number of carboxylic acid groups (broad SMARTS) is 1. The number of hydrogen-bond acceptors (Lipinski definition) is 2. The van der Waals surface area contributed by atoms with E-state index in [1.165, 1.54) is 12.1 Å². The molecule has 22 heavy (non-hydrogen) atoms. The Morgan fingerprint density at radius 2 is 1.86 bits per heavy atom. The fourth-order valence-electron chi connectivity index (χ4n) is 2.73. The summed E-state index contributed by atoms with van der Waals surface area (Å²) in [6, 6.07) is 12.3. The van der Waals surface area contributed by atoms with Gasteiger partial charge in [-0.05, 0) is 55.3 Å². The Labute approximate surface area is 127 Å². The third-order valence-electron chi connectivity index (χ3n) is 3.78. The zero-order valence-corrected chi connectivity index (χ0v) is 12.3. The largest absolute Gasteiger partial charge is 0.478 e. The van der Waals surface area contributed by atoms with E-state index in [-0.39, 0.29) is 11.0 Å². The molecule has 4 nitrogen and oxygen atoms in total. The van der Waals surface area contributed by atoms with Crippen LogP contribution in [-0.4, -0.2) is 15.6 Å². The standard InChI is InChI=1S/C18H15NO3/c1-11-4-3-5-14(8-11)19-10-13-6-7-15(20)9-16(13)17(12(19)2)18(21)22/h3-10H,1-2H3,(H,21,22). The van der Waals surface area contributed by atoms with Crippen LogP contribution in [0.1, 0.15) is 21.6 Å². The first kappa shape index (κ1) is 14.1. The van der Waals surface area contributed by atoms with Gasteiger partial charge in [-0.2, -0.15) is 0 Å². The highest BCUT2D eigenvalue weighted by molar-refractivity contribution is 5.97. The second kappa shape index (κ2) is 5.15. The number of fused-ring (bicyclic) bond motifs is 1. The Kier molecular flexibility index (Phi) is 3.29. The van der Waals surface area contributed by atoms with Crippen LogP contribution < -0.4 is 5.43 Å². The first-order valence-corrected chi connectivity index (χ1v) is 6.94. The van der Waals surface area contributed by atoms with Crippen molar-refractivity contribution in [3.8, 4) is 16.8 Å². The van der Waals surface area contributed by atoms with E-state index in [1.807, 2.05) is 42.0 Å². The molecule has 0 saturated heterocycles. The molecule has 0 spiro atoms. The fraction of sp³-hybridized carbons (Fsp3) is 0.111. The SMILES string of the molecule is Cc1cccc(-n2cc3ccc(=O)cc-3c(C(=O)O)c2C)c1. The van der Waals surface area contributed by atoms with E-state index < -0.39 is 5.97 Å². The van der Waals surface area contributed by atoms with Crippen molar-refractivity contribution in [1.82, 2.24) is 4.57 Å². The number of pyridine rings is 1. The quantitative estimate of drug-likeness (QED) is 0.789. The number of aryl methyl sites for hydroxylation is 1. The van der Waals surface area contributed by atoms with Gasteiger partial charge in [-0.1, -0.05) is 12.1 Å². The predicted octanol–water partition coefficient (Wildman–Crippen LogP) is 3.26. The van der Waals surface area contributed by atoms with E-state index in [0.717, 1.165) is 16.8 Å². The molecule has 0 amide bonds. The number of benzene rings is 2. The lowest BCUT2D eigenvalue weighted by Crippen LogP contribution is -2.13. The van der Waals surface area contributed by atoms with Crippen LogP contribution in [-0.2, 0) is 0 Å². The lowest BCUT2D eigenvalue weighted by molar-refractivity contribution is 0.0696. The van der Waals surface area contributed by atoms with Crippen LogP contribution in [0.25, 0.3) is 16.8 Å². The van der Waals surface area contributed by atoms with Gasteiger partial charge < -0.3 is 9.67 Å². The van der Waals surface area contributed by atoms with Crippen molar-refractivity contribution in [2.75, 3.05) is 0 Å². The van der Waals surface area contributed by atoms with Gasteiger partial charge >= 0.3 is 5.97 Å². The Morgan fingerprint density at radius 1 is 1.09 bits per heavy atom. The van der Waals surface area contributed by atoms with Gasteiger partial charge in [0.15, 0.2) is 5.43 Å². The van der Waals surface area contributed by atoms with Crippen molar-refractivity contribution < 1.29 is 9.90 Å². The summed E-state index contributed by atoms with van der Waals surface area (Å²) in [4.78, 5) is 23.3. The zero-order valence-electron chi connectivity index (χ0n) is 12.3. The Morgan fingerprint density at radius 3 is 2.55 bits per heavy atom. The molecule has 3 rings (SSSR count). The molecule has 2 aliphatic rings. The molecular formula is C18H15NO3. The maximum atomic E-state index is 11.7. The molecule has 1 N–H and O–H groups in total. The lowest BCUT2D eigenvalue weighted by Gasteiger charge is -2.19. The Bertz CT molecular complexity index is 909. The summed E-state index contributed by atoms with van der Waals surface area (Å²) in [5.74, 6) is -1.03. The van der Waals surface area contributed by atoms with Crippen molar-refractivity contribution in [3.05, 3.63) is 75.7 Å². The summed E-state index contributed by atoms with van der Waals surface area (Å²) in [6.07, 6.45) is 1.87. The highest BCUT2D eigenvalue weighted by Gasteiger charge is 2.20. The molecule has 0 fully saturated rings. The average Bonchev–Trinajstić information content (AvgIpc) is 2.46. The number of carbonyl (C=O) groups is 1. The molecule has 1 heterocycles. The molecule has 0 bridgehead atoms. The van der Waals surface area contributed by atoms with Gasteiger partial charge in [0.25, 0.3) is 0 Å². The van der Waals surface area contributed by atoms with Gasteiger partial charge in [0.05, 0.1) is 5.56 Å². The van der Waals surface area contributed by atoms with E-state index in [4.69, 9.17) is 0 Å². The van der Waals surface area contributed by atoms with Gasteiger partial charge in [0, 0.05) is 23.1 Å². The van der Waals surface area contributed by atoms with Gasteiger partial charge in [-0.3, -0.25) is 4.79 Å². The molecule has 1 aromatic carbocycles. The minimum Gasteiger partial charge on any atom is -0.478 e. The number of aromatic carboxylic acids is 1. The molecule has 0 aromatic heterocycles. The van der Waals surface area contributed by atoms with E-state index in [2.05, 4.69) is 0 Å². The summed E-state index contributed by atoms with van der Waals surface area (Å²) in [6.45, 7) is 3.74. The van der Waals surface area contributed by atoms with Crippen LogP contribution in [0.15, 0.2) is 53.5 Å². The van der Waals surface area contributed by atoms with Gasteiger partial charge in [0.1, 0.15) is 0 Å². The van der Waals surface area contributed by atoms with Crippen molar-refractivity contribution in [3.63, 3.8) is 0 Å². The van der Waals surface area contributed by atoms with Crippen molar-refractivity contribution in [1.29, 1.82) is 0 Å². The monoisotopic (exact) mass is 293 g/mol. The summed E-state index contributed by atoms with van der Waals surface area (Å²) in [5.41, 5.74) is 3.76. The minimum absolute atomic E-state index is 0.164. The first-order valence-electron chi connectivity index (χ1n) is 6.94. The lowest BCUT2D eigenvalue weighted by atomic mass is 9.97. The first-order chi connectivity index (χ1) is 10.5. The topological polar surface area (TPSA) is 59.3 Å². The third kappa shape index (κ3) is 2.29. The summed E-state index contributed by atoms with van der Waals surface area (Å²) in [5, 5.41) is 9.57. The second-order valence-electron chi connectivity index (χ2n) is 5.35. The third-order valence-corrected chi connectivity index (χ3v) is 3.78. The second-order valence-corrected chi connectivity index (χ2v) is 5.35. The van der Waals surface area contributed by atoms with E-state index >= 15 is 0 Å². The molecule has 0 atom stereocenters.